The molecule has 0 aliphatic heterocycles. The van der Waals surface area contributed by atoms with Crippen molar-refractivity contribution in [2.24, 2.45) is 5.10 Å². The lowest BCUT2D eigenvalue weighted by atomic mass is 10.2. The molecule has 11 heteroatoms. The second-order valence-corrected chi connectivity index (χ2v) is 11.1. The fourth-order valence-corrected chi connectivity index (χ4v) is 5.90. The zero-order valence-electron chi connectivity index (χ0n) is 21.0. The van der Waals surface area contributed by atoms with Gasteiger partial charge in [-0.25, -0.2) is 17.8 Å². The zero-order chi connectivity index (χ0) is 28.0. The highest BCUT2D eigenvalue weighted by atomic mass is 32.2. The number of benzene rings is 3. The molecule has 0 spiro atoms. The van der Waals surface area contributed by atoms with E-state index in [1.165, 1.54) is 82.5 Å². The van der Waals surface area contributed by atoms with Crippen LogP contribution in [-0.2, 0) is 10.0 Å². The van der Waals surface area contributed by atoms with Crippen LogP contribution in [0.2, 0.25) is 0 Å². The third kappa shape index (κ3) is 6.28. The maximum Gasteiger partial charge on any atom is 0.280 e. The number of methoxy groups -OCH3 is 1. The minimum Gasteiger partial charge on any atom is -0.497 e. The molecule has 0 N–H and O–H groups in total. The zero-order valence-corrected chi connectivity index (χ0v) is 22.7. The van der Waals surface area contributed by atoms with E-state index in [0.29, 0.717) is 22.0 Å². The highest BCUT2D eigenvalue weighted by Gasteiger charge is 2.25. The quantitative estimate of drug-likeness (QED) is 0.137. The molecule has 1 heterocycles. The number of halogens is 1. The number of fused-ring (bicyclic) bond motifs is 1. The SMILES string of the molecule is C=CCN(CC=C)S(=O)(=O)c1ccc(C(=O)N(/N=C/c2ccc(F)cc2)c2nc3ccc(OC)cc3s2)cc1. The molecule has 3 aromatic carbocycles. The number of amides is 1. The maximum absolute atomic E-state index is 13.6. The van der Waals surface area contributed by atoms with E-state index in [1.54, 1.807) is 25.3 Å². The fourth-order valence-electron chi connectivity index (χ4n) is 3.57. The first-order valence-corrected chi connectivity index (χ1v) is 13.9. The Labute approximate surface area is 230 Å². The second-order valence-electron chi connectivity index (χ2n) is 8.17. The van der Waals surface area contributed by atoms with Gasteiger partial charge >= 0.3 is 0 Å². The summed E-state index contributed by atoms with van der Waals surface area (Å²) in [6.45, 7) is 7.45. The lowest BCUT2D eigenvalue weighted by Gasteiger charge is -2.19. The molecule has 0 saturated heterocycles. The monoisotopic (exact) mass is 564 g/mol. The van der Waals surface area contributed by atoms with Gasteiger partial charge in [0.15, 0.2) is 0 Å². The van der Waals surface area contributed by atoms with Crippen LogP contribution in [0.5, 0.6) is 5.75 Å². The van der Waals surface area contributed by atoms with Crippen LogP contribution in [-0.4, -0.2) is 50.0 Å². The average molecular weight is 565 g/mol. The van der Waals surface area contributed by atoms with Crippen molar-refractivity contribution in [3.63, 3.8) is 0 Å². The Morgan fingerprint density at radius 2 is 1.72 bits per heavy atom. The van der Waals surface area contributed by atoms with Gasteiger partial charge in [-0.2, -0.15) is 14.4 Å². The fraction of sp³-hybridized carbons (Fsp3) is 0.107. The van der Waals surface area contributed by atoms with E-state index in [2.05, 4.69) is 23.2 Å². The number of carbonyl (C=O) groups excluding carboxylic acids is 1. The Balaban J connectivity index is 1.70. The summed E-state index contributed by atoms with van der Waals surface area (Å²) in [6, 6.07) is 16.6. The van der Waals surface area contributed by atoms with E-state index < -0.39 is 21.7 Å². The third-order valence-electron chi connectivity index (χ3n) is 5.55. The van der Waals surface area contributed by atoms with Gasteiger partial charge in [0, 0.05) is 18.7 Å². The topological polar surface area (TPSA) is 92.2 Å². The molecule has 0 bridgehead atoms. The molecule has 1 amide bonds. The molecular weight excluding hydrogens is 539 g/mol. The third-order valence-corrected chi connectivity index (χ3v) is 8.39. The standard InChI is InChI=1S/C28H25FN4O4S2/c1-4-16-32(17-5-2)39(35,36)24-13-8-21(9-14-24)27(34)33(30-19-20-6-10-22(29)11-7-20)28-31-25-15-12-23(37-3)18-26(25)38-28/h4-15,18-19H,1-2,16-17H2,3H3/b30-19+. The molecule has 0 aliphatic carbocycles. The van der Waals surface area contributed by atoms with Crippen LogP contribution in [0.25, 0.3) is 10.2 Å². The number of nitrogens with zero attached hydrogens (tertiary/aromatic N) is 4. The summed E-state index contributed by atoms with van der Waals surface area (Å²) in [4.78, 5) is 18.2. The molecule has 39 heavy (non-hydrogen) atoms. The number of rotatable bonds is 11. The molecule has 0 atom stereocenters. The summed E-state index contributed by atoms with van der Waals surface area (Å²) in [7, 11) is -2.27. The minimum atomic E-state index is -3.83. The summed E-state index contributed by atoms with van der Waals surface area (Å²) in [5, 5.41) is 5.78. The number of ether oxygens (including phenoxy) is 1. The van der Waals surface area contributed by atoms with Gasteiger partial charge in [-0.1, -0.05) is 35.6 Å². The Morgan fingerprint density at radius 1 is 1.05 bits per heavy atom. The molecule has 0 unspecified atom stereocenters. The van der Waals surface area contributed by atoms with Gasteiger partial charge in [0.2, 0.25) is 15.2 Å². The number of hydrogen-bond acceptors (Lipinski definition) is 7. The largest absolute Gasteiger partial charge is 0.497 e. The van der Waals surface area contributed by atoms with Gasteiger partial charge < -0.3 is 4.74 Å². The van der Waals surface area contributed by atoms with Crippen molar-refractivity contribution in [2.45, 2.75) is 4.90 Å². The molecular formula is C28H25FN4O4S2. The molecule has 1 aromatic heterocycles. The van der Waals surface area contributed by atoms with Gasteiger partial charge in [0.1, 0.15) is 11.6 Å². The number of sulfonamides is 1. The van der Waals surface area contributed by atoms with E-state index >= 15 is 0 Å². The van der Waals surface area contributed by atoms with E-state index in [0.717, 1.165) is 9.71 Å². The van der Waals surface area contributed by atoms with Crippen LogP contribution >= 0.6 is 11.3 Å². The van der Waals surface area contributed by atoms with E-state index in [4.69, 9.17) is 4.74 Å². The predicted molar refractivity (Wildman–Crippen MR) is 153 cm³/mol. The first-order chi connectivity index (χ1) is 18.8. The van der Waals surface area contributed by atoms with E-state index in [-0.39, 0.29) is 23.5 Å². The van der Waals surface area contributed by atoms with Crippen molar-refractivity contribution >= 4 is 48.8 Å². The summed E-state index contributed by atoms with van der Waals surface area (Å²) in [5.74, 6) is -0.281. The molecule has 4 aromatic rings. The first kappa shape index (κ1) is 27.8. The Bertz CT molecular complexity index is 1620. The Kier molecular flexibility index (Phi) is 8.65. The first-order valence-electron chi connectivity index (χ1n) is 11.7. The number of hydrazone groups is 1. The molecule has 0 fully saturated rings. The van der Waals surface area contributed by atoms with Crippen molar-refractivity contribution in [2.75, 3.05) is 25.2 Å². The number of carbonyl (C=O) groups is 1. The van der Waals surface area contributed by atoms with Crippen LogP contribution in [0.3, 0.4) is 0 Å². The van der Waals surface area contributed by atoms with Crippen LogP contribution < -0.4 is 9.75 Å². The lowest BCUT2D eigenvalue weighted by molar-refractivity contribution is 0.0987. The van der Waals surface area contributed by atoms with Gasteiger partial charge in [0.05, 0.1) is 28.4 Å². The normalized spacial score (nSPS) is 11.7. The number of aromatic nitrogens is 1. The lowest BCUT2D eigenvalue weighted by Crippen LogP contribution is -2.31. The Hall–Kier alpha value is -4.19. The molecule has 200 valence electrons. The van der Waals surface area contributed by atoms with Crippen LogP contribution in [0.15, 0.2) is 102 Å². The smallest absolute Gasteiger partial charge is 0.280 e. The van der Waals surface area contributed by atoms with Gasteiger partial charge in [-0.15, -0.1) is 13.2 Å². The summed E-state index contributed by atoms with van der Waals surface area (Å²) >= 11 is 1.24. The van der Waals surface area contributed by atoms with Crippen LogP contribution in [0.1, 0.15) is 15.9 Å². The second kappa shape index (κ2) is 12.1. The summed E-state index contributed by atoms with van der Waals surface area (Å²) in [5.41, 5.74) is 1.42. The molecule has 4 rings (SSSR count). The number of thiazole rings is 1. The summed E-state index contributed by atoms with van der Waals surface area (Å²) < 4.78 is 46.7. The van der Waals surface area contributed by atoms with Crippen molar-refractivity contribution in [3.05, 3.63) is 109 Å². The Morgan fingerprint density at radius 3 is 2.33 bits per heavy atom. The van der Waals surface area contributed by atoms with Crippen LogP contribution in [0, 0.1) is 5.82 Å². The van der Waals surface area contributed by atoms with E-state index in [1.807, 2.05) is 0 Å². The maximum atomic E-state index is 13.6. The number of anilines is 1. The van der Waals surface area contributed by atoms with Gasteiger partial charge in [-0.3, -0.25) is 4.79 Å². The van der Waals surface area contributed by atoms with Crippen molar-refractivity contribution in [3.8, 4) is 5.75 Å². The highest BCUT2D eigenvalue weighted by Crippen LogP contribution is 2.32. The van der Waals surface area contributed by atoms with E-state index in [9.17, 15) is 17.6 Å². The van der Waals surface area contributed by atoms with Crippen molar-refractivity contribution in [1.82, 2.24) is 9.29 Å². The van der Waals surface area contributed by atoms with Gasteiger partial charge in [0.25, 0.3) is 5.91 Å². The molecule has 0 saturated carbocycles. The molecule has 0 aliphatic rings. The van der Waals surface area contributed by atoms with Gasteiger partial charge in [-0.05, 0) is 60.2 Å². The number of hydrogen-bond donors (Lipinski definition) is 0. The predicted octanol–water partition coefficient (Wildman–Crippen LogP) is 5.49. The van der Waals surface area contributed by atoms with Crippen molar-refractivity contribution < 1.29 is 22.3 Å². The molecule has 8 nitrogen and oxygen atoms in total. The van der Waals surface area contributed by atoms with Crippen LogP contribution in [0.4, 0.5) is 9.52 Å². The minimum absolute atomic E-state index is 0.0243. The van der Waals surface area contributed by atoms with Crippen molar-refractivity contribution in [1.29, 1.82) is 0 Å². The average Bonchev–Trinajstić information content (AvgIpc) is 3.37. The summed E-state index contributed by atoms with van der Waals surface area (Å²) in [6.07, 6.45) is 4.40. The highest BCUT2D eigenvalue weighted by molar-refractivity contribution is 7.89. The molecule has 0 radical (unpaired) electrons.